The van der Waals surface area contributed by atoms with E-state index < -0.39 is 22.8 Å². The minimum atomic E-state index is -1.33. The molecule has 0 atom stereocenters. The SMILES string of the molecule is Cc1c(C)c2c(=O)cc(C(=O)O)[nH]c2c2c(=O)cc(C(=O)O)[nH]c12. The third-order valence-corrected chi connectivity index (χ3v) is 4.09. The number of carboxylic acid groups (broad SMARTS) is 2. The van der Waals surface area contributed by atoms with Gasteiger partial charge in [-0.15, -0.1) is 0 Å². The van der Waals surface area contributed by atoms with E-state index in [9.17, 15) is 19.2 Å². The Labute approximate surface area is 133 Å². The van der Waals surface area contributed by atoms with Crippen molar-refractivity contribution in [3.8, 4) is 0 Å². The van der Waals surface area contributed by atoms with Crippen LogP contribution in [0.5, 0.6) is 0 Å². The molecule has 3 aromatic rings. The molecule has 3 rings (SSSR count). The van der Waals surface area contributed by atoms with Gasteiger partial charge in [-0.1, -0.05) is 0 Å². The van der Waals surface area contributed by atoms with Crippen LogP contribution in [0.2, 0.25) is 0 Å². The predicted molar refractivity (Wildman–Crippen MR) is 86.1 cm³/mol. The van der Waals surface area contributed by atoms with E-state index in [1.165, 1.54) is 0 Å². The van der Waals surface area contributed by atoms with Crippen molar-refractivity contribution in [2.75, 3.05) is 0 Å². The molecule has 0 aliphatic heterocycles. The number of aromatic nitrogens is 2. The summed E-state index contributed by atoms with van der Waals surface area (Å²) in [5.74, 6) is -2.63. The molecule has 0 saturated heterocycles. The minimum absolute atomic E-state index is 0.0540. The number of aromatic amines is 2. The van der Waals surface area contributed by atoms with Crippen LogP contribution in [-0.2, 0) is 0 Å². The highest BCUT2D eigenvalue weighted by Crippen LogP contribution is 2.26. The molecular weight excluding hydrogens is 316 g/mol. The average Bonchev–Trinajstić information content (AvgIpc) is 2.50. The Morgan fingerprint density at radius 1 is 0.792 bits per heavy atom. The van der Waals surface area contributed by atoms with Crippen LogP contribution in [0.4, 0.5) is 0 Å². The molecule has 24 heavy (non-hydrogen) atoms. The zero-order valence-corrected chi connectivity index (χ0v) is 12.7. The van der Waals surface area contributed by atoms with Crippen LogP contribution in [0.3, 0.4) is 0 Å². The number of hydrogen-bond acceptors (Lipinski definition) is 4. The van der Waals surface area contributed by atoms with Crippen LogP contribution in [0.15, 0.2) is 21.7 Å². The standard InChI is InChI=1S/C16H12N2O6/c1-5-6(2)13-12(10(20)4-7(17-13)15(21)22)14-11(5)9(19)3-8(18-14)16(23)24/h3-4H,1-2H3,(H,17,20)(H,18,19)(H,21,22)(H,23,24). The smallest absolute Gasteiger partial charge is 0.352 e. The molecule has 0 fully saturated rings. The monoisotopic (exact) mass is 328 g/mol. The van der Waals surface area contributed by atoms with Crippen LogP contribution in [-0.4, -0.2) is 32.1 Å². The lowest BCUT2D eigenvalue weighted by Gasteiger charge is -2.12. The van der Waals surface area contributed by atoms with Gasteiger partial charge < -0.3 is 20.2 Å². The first kappa shape index (κ1) is 15.5. The van der Waals surface area contributed by atoms with Crippen LogP contribution >= 0.6 is 0 Å². The summed E-state index contributed by atoms with van der Waals surface area (Å²) in [6, 6.07) is 1.87. The van der Waals surface area contributed by atoms with Gasteiger partial charge >= 0.3 is 11.9 Å². The predicted octanol–water partition coefficient (Wildman–Crippen LogP) is 1.38. The van der Waals surface area contributed by atoms with Crippen LogP contribution in [0, 0.1) is 13.8 Å². The maximum absolute atomic E-state index is 12.4. The fourth-order valence-corrected chi connectivity index (χ4v) is 2.81. The second-order valence-corrected chi connectivity index (χ2v) is 5.45. The molecule has 8 nitrogen and oxygen atoms in total. The molecule has 0 spiro atoms. The summed E-state index contributed by atoms with van der Waals surface area (Å²) in [7, 11) is 0. The molecule has 0 bridgehead atoms. The van der Waals surface area contributed by atoms with Crippen molar-refractivity contribution in [1.82, 2.24) is 9.97 Å². The molecule has 0 aliphatic rings. The normalized spacial score (nSPS) is 11.1. The summed E-state index contributed by atoms with van der Waals surface area (Å²) < 4.78 is 0. The molecule has 0 radical (unpaired) electrons. The van der Waals surface area contributed by atoms with Crippen molar-refractivity contribution >= 4 is 33.7 Å². The first-order valence-corrected chi connectivity index (χ1v) is 6.92. The van der Waals surface area contributed by atoms with E-state index in [0.29, 0.717) is 11.1 Å². The van der Waals surface area contributed by atoms with Gasteiger partial charge in [0.25, 0.3) is 0 Å². The van der Waals surface area contributed by atoms with E-state index in [0.717, 1.165) is 12.1 Å². The van der Waals surface area contributed by atoms with Crippen LogP contribution in [0.25, 0.3) is 21.8 Å². The lowest BCUT2D eigenvalue weighted by molar-refractivity contribution is 0.0680. The van der Waals surface area contributed by atoms with Gasteiger partial charge in [0, 0.05) is 17.5 Å². The summed E-state index contributed by atoms with van der Waals surface area (Å²) in [4.78, 5) is 52.3. The molecule has 122 valence electrons. The number of H-pyrrole nitrogens is 2. The topological polar surface area (TPSA) is 140 Å². The Balaban J connectivity index is 2.68. The molecular formula is C16H12N2O6. The summed E-state index contributed by atoms with van der Waals surface area (Å²) in [5, 5.41) is 18.5. The number of hydrogen-bond donors (Lipinski definition) is 4. The number of carbonyl (C=O) groups is 2. The first-order valence-electron chi connectivity index (χ1n) is 6.92. The van der Waals surface area contributed by atoms with E-state index in [1.807, 2.05) is 0 Å². The van der Waals surface area contributed by atoms with Gasteiger partial charge in [-0.2, -0.15) is 0 Å². The van der Waals surface area contributed by atoms with Gasteiger partial charge in [-0.05, 0) is 25.0 Å². The first-order chi connectivity index (χ1) is 11.2. The Hall–Kier alpha value is -3.42. The van der Waals surface area contributed by atoms with Crippen molar-refractivity contribution in [2.45, 2.75) is 13.8 Å². The van der Waals surface area contributed by atoms with Crippen molar-refractivity contribution in [1.29, 1.82) is 0 Å². The fraction of sp³-hybridized carbons (Fsp3) is 0.125. The Kier molecular flexibility index (Phi) is 3.26. The van der Waals surface area contributed by atoms with Crippen molar-refractivity contribution < 1.29 is 19.8 Å². The van der Waals surface area contributed by atoms with Crippen molar-refractivity contribution in [2.24, 2.45) is 0 Å². The number of aryl methyl sites for hydroxylation is 2. The van der Waals surface area contributed by atoms with Gasteiger partial charge in [0.1, 0.15) is 11.4 Å². The fourth-order valence-electron chi connectivity index (χ4n) is 2.81. The highest BCUT2D eigenvalue weighted by atomic mass is 16.4. The minimum Gasteiger partial charge on any atom is -0.477 e. The molecule has 2 aromatic heterocycles. The number of benzene rings is 1. The van der Waals surface area contributed by atoms with E-state index in [4.69, 9.17) is 10.2 Å². The van der Waals surface area contributed by atoms with Crippen LogP contribution in [0.1, 0.15) is 32.1 Å². The number of nitrogens with one attached hydrogen (secondary N) is 2. The highest BCUT2D eigenvalue weighted by Gasteiger charge is 2.19. The molecule has 8 heteroatoms. The third kappa shape index (κ3) is 2.08. The summed E-state index contributed by atoms with van der Waals surface area (Å²) in [5.41, 5.74) is -0.359. The number of carboxylic acids is 2. The van der Waals surface area contributed by atoms with Crippen molar-refractivity contribution in [3.05, 3.63) is 55.1 Å². The molecule has 1 aromatic carbocycles. The maximum Gasteiger partial charge on any atom is 0.352 e. The van der Waals surface area contributed by atoms with Crippen molar-refractivity contribution in [3.63, 3.8) is 0 Å². The largest absolute Gasteiger partial charge is 0.477 e. The zero-order valence-electron chi connectivity index (χ0n) is 12.7. The Morgan fingerprint density at radius 3 is 1.75 bits per heavy atom. The van der Waals surface area contributed by atoms with Gasteiger partial charge in [0.15, 0.2) is 10.9 Å². The molecule has 4 N–H and O–H groups in total. The summed E-state index contributed by atoms with van der Waals surface area (Å²) in [6.07, 6.45) is 0. The number of rotatable bonds is 2. The molecule has 0 amide bonds. The number of aromatic carboxylic acids is 2. The van der Waals surface area contributed by atoms with E-state index in [2.05, 4.69) is 9.97 Å². The van der Waals surface area contributed by atoms with Gasteiger partial charge in [-0.25, -0.2) is 9.59 Å². The molecule has 0 aliphatic carbocycles. The van der Waals surface area contributed by atoms with Gasteiger partial charge in [0.05, 0.1) is 16.4 Å². The second kappa shape index (κ2) is 5.05. The molecule has 0 saturated carbocycles. The summed E-state index contributed by atoms with van der Waals surface area (Å²) >= 11 is 0. The maximum atomic E-state index is 12.4. The number of fused-ring (bicyclic) bond motifs is 3. The lowest BCUT2D eigenvalue weighted by Crippen LogP contribution is -2.16. The van der Waals surface area contributed by atoms with E-state index in [1.54, 1.807) is 13.8 Å². The second-order valence-electron chi connectivity index (χ2n) is 5.45. The Morgan fingerprint density at radius 2 is 1.25 bits per heavy atom. The highest BCUT2D eigenvalue weighted by molar-refractivity contribution is 6.08. The lowest BCUT2D eigenvalue weighted by atomic mass is 9.98. The Bertz CT molecular complexity index is 1170. The summed E-state index contributed by atoms with van der Waals surface area (Å²) in [6.45, 7) is 3.31. The third-order valence-electron chi connectivity index (χ3n) is 4.09. The quantitative estimate of drug-likeness (QED) is 0.524. The van der Waals surface area contributed by atoms with Crippen LogP contribution < -0.4 is 10.9 Å². The van der Waals surface area contributed by atoms with Gasteiger partial charge in [-0.3, -0.25) is 9.59 Å². The van der Waals surface area contributed by atoms with E-state index >= 15 is 0 Å². The van der Waals surface area contributed by atoms with E-state index in [-0.39, 0.29) is 33.2 Å². The molecule has 0 unspecified atom stereocenters. The average molecular weight is 328 g/mol. The zero-order chi connectivity index (χ0) is 17.8. The van der Waals surface area contributed by atoms with Gasteiger partial charge in [0.2, 0.25) is 0 Å². The molecule has 2 heterocycles. The number of pyridine rings is 2.